The molecule has 0 saturated carbocycles. The Bertz CT molecular complexity index is 1640. The molecule has 3 aromatic rings. The van der Waals surface area contributed by atoms with Crippen LogP contribution >= 0.6 is 0 Å². The zero-order valence-electron chi connectivity index (χ0n) is 27.9. The molecular weight excluding hydrogens is 596 g/mol. The fraction of sp³-hybridized carbons (Fsp3) is 0.421. The molecule has 0 aliphatic heterocycles. The lowest BCUT2D eigenvalue weighted by Crippen LogP contribution is -2.28. The SMILES string of the molecule is CC(C)(C)c1ccc(C(Cc2ccc(C(=O)NCCS(=O)(=O)O)cc2)C(=O)Nc2ccc(C3=CCC(C(C)(C)C)CC3)cc2)cc1. The van der Waals surface area contributed by atoms with Gasteiger partial charge < -0.3 is 10.6 Å². The van der Waals surface area contributed by atoms with Crippen LogP contribution in [0, 0.1) is 11.3 Å². The van der Waals surface area contributed by atoms with Crippen molar-refractivity contribution < 1.29 is 22.6 Å². The van der Waals surface area contributed by atoms with Crippen LogP contribution in [0.2, 0.25) is 0 Å². The highest BCUT2D eigenvalue weighted by atomic mass is 32.2. The lowest BCUT2D eigenvalue weighted by atomic mass is 9.72. The highest BCUT2D eigenvalue weighted by molar-refractivity contribution is 7.85. The third-order valence-corrected chi connectivity index (χ3v) is 9.68. The molecule has 1 aliphatic carbocycles. The van der Waals surface area contributed by atoms with E-state index in [0.717, 1.165) is 29.7 Å². The Labute approximate surface area is 274 Å². The minimum atomic E-state index is -4.16. The molecule has 246 valence electrons. The van der Waals surface area contributed by atoms with Crippen LogP contribution < -0.4 is 10.6 Å². The summed E-state index contributed by atoms with van der Waals surface area (Å²) < 4.78 is 30.8. The van der Waals surface area contributed by atoms with Gasteiger partial charge in [0.2, 0.25) is 5.91 Å². The maximum absolute atomic E-state index is 13.8. The van der Waals surface area contributed by atoms with E-state index in [1.165, 1.54) is 23.1 Å². The zero-order chi connectivity index (χ0) is 33.7. The van der Waals surface area contributed by atoms with Crippen molar-refractivity contribution in [1.29, 1.82) is 0 Å². The molecule has 0 radical (unpaired) electrons. The van der Waals surface area contributed by atoms with Gasteiger partial charge in [-0.3, -0.25) is 14.1 Å². The van der Waals surface area contributed by atoms with Crippen LogP contribution in [0.5, 0.6) is 0 Å². The van der Waals surface area contributed by atoms with Gasteiger partial charge in [-0.1, -0.05) is 96.1 Å². The average Bonchev–Trinajstić information content (AvgIpc) is 2.99. The summed E-state index contributed by atoms with van der Waals surface area (Å²) in [5.41, 5.74) is 6.91. The van der Waals surface area contributed by atoms with Gasteiger partial charge in [-0.15, -0.1) is 0 Å². The maximum Gasteiger partial charge on any atom is 0.266 e. The summed E-state index contributed by atoms with van der Waals surface area (Å²) in [6, 6.07) is 23.2. The summed E-state index contributed by atoms with van der Waals surface area (Å²) in [5.74, 6) is -0.897. The van der Waals surface area contributed by atoms with Crippen LogP contribution in [0.25, 0.3) is 5.57 Å². The highest BCUT2D eigenvalue weighted by Crippen LogP contribution is 2.39. The summed E-state index contributed by atoms with van der Waals surface area (Å²) >= 11 is 0. The second kappa shape index (κ2) is 14.3. The van der Waals surface area contributed by atoms with E-state index < -0.39 is 27.7 Å². The summed E-state index contributed by atoms with van der Waals surface area (Å²) in [5, 5.41) is 5.63. The topological polar surface area (TPSA) is 113 Å². The van der Waals surface area contributed by atoms with Crippen molar-refractivity contribution in [2.24, 2.45) is 11.3 Å². The van der Waals surface area contributed by atoms with E-state index >= 15 is 0 Å². The Morgan fingerprint density at radius 1 is 0.891 bits per heavy atom. The summed E-state index contributed by atoms with van der Waals surface area (Å²) in [6.07, 6.45) is 6.13. The number of amides is 2. The number of anilines is 1. The first-order valence-corrected chi connectivity index (χ1v) is 17.6. The Morgan fingerprint density at radius 3 is 2.04 bits per heavy atom. The number of nitrogens with one attached hydrogen (secondary N) is 2. The standard InChI is InChI=1S/C38H48N2O5S/c1-37(2,3)31-17-11-27(12-18-31)28-15-21-33(22-16-28)40-36(42)34(29-13-19-32(20-14-29)38(4,5)6)25-26-7-9-30(10-8-26)35(41)39-23-24-46(43,44)45/h7-11,13-16,19-22,31,34H,12,17-18,23-25H2,1-6H3,(H,39,41)(H,40,42)(H,43,44,45). The van der Waals surface area contributed by atoms with Gasteiger partial charge in [-0.05, 0) is 94.5 Å². The smallest absolute Gasteiger partial charge is 0.266 e. The number of hydrogen-bond donors (Lipinski definition) is 3. The molecule has 1 aliphatic rings. The number of rotatable bonds is 10. The van der Waals surface area contributed by atoms with E-state index in [1.807, 2.05) is 24.3 Å². The second-order valence-corrected chi connectivity index (χ2v) is 16.1. The molecule has 46 heavy (non-hydrogen) atoms. The Morgan fingerprint density at radius 2 is 1.52 bits per heavy atom. The number of benzene rings is 3. The van der Waals surface area contributed by atoms with Crippen LogP contribution in [0.3, 0.4) is 0 Å². The van der Waals surface area contributed by atoms with Gasteiger partial charge in [0, 0.05) is 17.8 Å². The zero-order valence-corrected chi connectivity index (χ0v) is 28.7. The van der Waals surface area contributed by atoms with Gasteiger partial charge in [-0.25, -0.2) is 0 Å². The highest BCUT2D eigenvalue weighted by Gasteiger charge is 2.27. The number of carbonyl (C=O) groups excluding carboxylic acids is 2. The number of carbonyl (C=O) groups is 2. The first-order valence-electron chi connectivity index (χ1n) is 16.0. The molecule has 8 heteroatoms. The average molecular weight is 645 g/mol. The fourth-order valence-electron chi connectivity index (χ4n) is 5.88. The summed E-state index contributed by atoms with van der Waals surface area (Å²) in [4.78, 5) is 26.3. The van der Waals surface area contributed by atoms with Crippen molar-refractivity contribution in [2.45, 2.75) is 78.6 Å². The summed E-state index contributed by atoms with van der Waals surface area (Å²) in [7, 11) is -4.16. The molecular formula is C38H48N2O5S. The Balaban J connectivity index is 1.49. The number of hydrogen-bond acceptors (Lipinski definition) is 4. The molecule has 0 heterocycles. The Kier molecular flexibility index (Phi) is 11.0. The van der Waals surface area contributed by atoms with Crippen molar-refractivity contribution in [3.63, 3.8) is 0 Å². The first kappa shape index (κ1) is 35.1. The van der Waals surface area contributed by atoms with Gasteiger partial charge >= 0.3 is 0 Å². The molecule has 7 nitrogen and oxygen atoms in total. The van der Waals surface area contributed by atoms with Gasteiger partial charge in [0.1, 0.15) is 0 Å². The Hall–Kier alpha value is -3.75. The lowest BCUT2D eigenvalue weighted by molar-refractivity contribution is -0.117. The van der Waals surface area contributed by atoms with Crippen LogP contribution in [0.15, 0.2) is 78.9 Å². The molecule has 2 amide bonds. The normalized spacial score (nSPS) is 16.3. The van der Waals surface area contributed by atoms with E-state index in [4.69, 9.17) is 4.55 Å². The van der Waals surface area contributed by atoms with Crippen LogP contribution in [0.1, 0.15) is 99.3 Å². The maximum atomic E-state index is 13.8. The largest absolute Gasteiger partial charge is 0.351 e. The monoisotopic (exact) mass is 644 g/mol. The predicted molar refractivity (Wildman–Crippen MR) is 187 cm³/mol. The molecule has 0 saturated heterocycles. The minimum absolute atomic E-state index is 0.0166. The third-order valence-electron chi connectivity index (χ3n) is 8.96. The predicted octanol–water partition coefficient (Wildman–Crippen LogP) is 7.80. The quantitative estimate of drug-likeness (QED) is 0.195. The van der Waals surface area contributed by atoms with E-state index in [-0.39, 0.29) is 17.9 Å². The van der Waals surface area contributed by atoms with Crippen molar-refractivity contribution in [3.05, 3.63) is 107 Å². The van der Waals surface area contributed by atoms with Crippen LogP contribution in [0.4, 0.5) is 5.69 Å². The van der Waals surface area contributed by atoms with Gasteiger partial charge in [0.25, 0.3) is 16.0 Å². The van der Waals surface area contributed by atoms with Crippen LogP contribution in [-0.2, 0) is 26.7 Å². The summed E-state index contributed by atoms with van der Waals surface area (Å²) in [6.45, 7) is 13.2. The lowest BCUT2D eigenvalue weighted by Gasteiger charge is -2.33. The van der Waals surface area contributed by atoms with Gasteiger partial charge in [-0.2, -0.15) is 8.42 Å². The van der Waals surface area contributed by atoms with Crippen molar-refractivity contribution in [2.75, 3.05) is 17.6 Å². The molecule has 4 rings (SSSR count). The van der Waals surface area contributed by atoms with E-state index in [2.05, 4.69) is 82.5 Å². The number of allylic oxidation sites excluding steroid dienone is 2. The molecule has 3 aromatic carbocycles. The van der Waals surface area contributed by atoms with Crippen LogP contribution in [-0.4, -0.2) is 37.1 Å². The molecule has 0 aromatic heterocycles. The van der Waals surface area contributed by atoms with E-state index in [9.17, 15) is 18.0 Å². The molecule has 3 N–H and O–H groups in total. The van der Waals surface area contributed by atoms with E-state index in [0.29, 0.717) is 23.3 Å². The van der Waals surface area contributed by atoms with Crippen molar-refractivity contribution in [1.82, 2.24) is 5.32 Å². The second-order valence-electron chi connectivity index (χ2n) is 14.5. The molecule has 0 fully saturated rings. The van der Waals surface area contributed by atoms with Gasteiger partial charge in [0.15, 0.2) is 0 Å². The molecule has 0 bridgehead atoms. The van der Waals surface area contributed by atoms with E-state index in [1.54, 1.807) is 24.3 Å². The molecule has 2 atom stereocenters. The van der Waals surface area contributed by atoms with Gasteiger partial charge in [0.05, 0.1) is 11.7 Å². The minimum Gasteiger partial charge on any atom is -0.351 e. The molecule has 0 spiro atoms. The van der Waals surface area contributed by atoms with Crippen molar-refractivity contribution >= 4 is 33.2 Å². The first-order chi connectivity index (χ1) is 21.5. The third kappa shape index (κ3) is 9.87. The fourth-order valence-corrected chi connectivity index (χ4v) is 6.24. The molecule has 2 unspecified atom stereocenters. The van der Waals surface area contributed by atoms with Crippen molar-refractivity contribution in [3.8, 4) is 0 Å².